The van der Waals surface area contributed by atoms with Gasteiger partial charge in [0.25, 0.3) is 5.91 Å². The maximum absolute atomic E-state index is 13.0. The molecule has 0 aliphatic carbocycles. The van der Waals surface area contributed by atoms with E-state index in [0.29, 0.717) is 47.5 Å². The summed E-state index contributed by atoms with van der Waals surface area (Å²) in [6.45, 7) is 2.24. The molecular formula is C23H22ClF3N4O3. The van der Waals surface area contributed by atoms with Gasteiger partial charge in [0.2, 0.25) is 0 Å². The molecule has 3 aromatic rings. The van der Waals surface area contributed by atoms with Crippen molar-refractivity contribution in [2.24, 2.45) is 7.05 Å². The maximum atomic E-state index is 13.0. The first-order valence-electron chi connectivity index (χ1n) is 10.5. The minimum atomic E-state index is -4.54. The predicted molar refractivity (Wildman–Crippen MR) is 121 cm³/mol. The summed E-state index contributed by atoms with van der Waals surface area (Å²) in [5, 5.41) is 10.5. The summed E-state index contributed by atoms with van der Waals surface area (Å²) in [7, 11) is 1.72. The van der Waals surface area contributed by atoms with E-state index in [4.69, 9.17) is 21.1 Å². The number of amides is 1. The molecule has 0 radical (unpaired) electrons. The molecule has 4 rings (SSSR count). The molecule has 0 unspecified atom stereocenters. The van der Waals surface area contributed by atoms with Gasteiger partial charge in [-0.25, -0.2) is 0 Å². The zero-order valence-electron chi connectivity index (χ0n) is 18.2. The summed E-state index contributed by atoms with van der Waals surface area (Å²) < 4.78 is 52.1. The van der Waals surface area contributed by atoms with Crippen molar-refractivity contribution >= 4 is 23.2 Å². The van der Waals surface area contributed by atoms with Crippen LogP contribution >= 0.6 is 11.6 Å². The number of rotatable bonds is 6. The first kappa shape index (κ1) is 24.1. The molecule has 2 N–H and O–H groups in total. The molecule has 0 saturated carbocycles. The van der Waals surface area contributed by atoms with Crippen LogP contribution in [0.4, 0.5) is 18.9 Å². The third-order valence-corrected chi connectivity index (χ3v) is 5.55. The highest BCUT2D eigenvalue weighted by Crippen LogP contribution is 2.37. The Hall–Kier alpha value is -3.08. The molecular weight excluding hydrogens is 473 g/mol. The second kappa shape index (κ2) is 10.0. The third kappa shape index (κ3) is 5.52. The Labute approximate surface area is 198 Å². The Bertz CT molecular complexity index is 1160. The Kier molecular flexibility index (Phi) is 7.11. The number of hydrogen-bond acceptors (Lipinski definition) is 5. The Morgan fingerprint density at radius 1 is 1.32 bits per heavy atom. The fourth-order valence-electron chi connectivity index (χ4n) is 3.59. The van der Waals surface area contributed by atoms with Gasteiger partial charge in [-0.15, -0.1) is 0 Å². The van der Waals surface area contributed by atoms with Gasteiger partial charge in [0.05, 0.1) is 41.7 Å². The van der Waals surface area contributed by atoms with Crippen LogP contribution in [0.25, 0.3) is 11.3 Å². The number of aryl methyl sites for hydroxylation is 1. The number of anilines is 1. The number of morpholine rings is 1. The van der Waals surface area contributed by atoms with Crippen LogP contribution in [0.15, 0.2) is 48.7 Å². The van der Waals surface area contributed by atoms with Gasteiger partial charge < -0.3 is 20.1 Å². The first-order chi connectivity index (χ1) is 16.2. The van der Waals surface area contributed by atoms with Gasteiger partial charge in [-0.2, -0.15) is 18.3 Å². The quantitative estimate of drug-likeness (QED) is 0.532. The first-order valence-corrected chi connectivity index (χ1v) is 10.8. The Morgan fingerprint density at radius 3 is 2.82 bits per heavy atom. The number of nitrogens with one attached hydrogen (secondary N) is 2. The molecule has 1 aromatic heterocycles. The van der Waals surface area contributed by atoms with Gasteiger partial charge in [-0.05, 0) is 36.4 Å². The zero-order valence-corrected chi connectivity index (χ0v) is 18.9. The number of halogens is 4. The van der Waals surface area contributed by atoms with Crippen LogP contribution in [0, 0.1) is 0 Å². The fraction of sp³-hybridized carbons (Fsp3) is 0.304. The standard InChI is InChI=1S/C23H22ClF3N4O3/c1-31-21(19(24)11-29-31)18-10-16(5-6-20(18)34-13-17-12-33-8-7-28-17)30-22(32)14-3-2-4-15(9-14)23(25,26)27/h2-6,9-11,17,28H,7-8,12-13H2,1H3,(H,30,32)/t17-/m0/s1. The van der Waals surface area contributed by atoms with E-state index in [2.05, 4.69) is 15.7 Å². The molecule has 0 spiro atoms. The second-order valence-corrected chi connectivity index (χ2v) is 8.15. The number of aromatic nitrogens is 2. The van der Waals surface area contributed by atoms with E-state index < -0.39 is 17.6 Å². The van der Waals surface area contributed by atoms with Crippen LogP contribution in [0.1, 0.15) is 15.9 Å². The SMILES string of the molecule is Cn1ncc(Cl)c1-c1cc(NC(=O)c2cccc(C(F)(F)F)c2)ccc1OC[C@@H]1COCCN1. The Balaban J connectivity index is 1.60. The summed E-state index contributed by atoms with van der Waals surface area (Å²) in [6.07, 6.45) is -3.05. The van der Waals surface area contributed by atoms with E-state index in [0.717, 1.165) is 18.7 Å². The number of hydrogen-bond donors (Lipinski definition) is 2. The van der Waals surface area contributed by atoms with E-state index in [1.807, 2.05) is 0 Å². The van der Waals surface area contributed by atoms with E-state index in [1.165, 1.54) is 18.3 Å². The third-order valence-electron chi connectivity index (χ3n) is 5.28. The molecule has 2 aromatic carbocycles. The highest BCUT2D eigenvalue weighted by atomic mass is 35.5. The molecule has 34 heavy (non-hydrogen) atoms. The van der Waals surface area contributed by atoms with Crippen molar-refractivity contribution in [3.8, 4) is 17.0 Å². The van der Waals surface area contributed by atoms with Gasteiger partial charge in [-0.1, -0.05) is 17.7 Å². The van der Waals surface area contributed by atoms with Gasteiger partial charge in [0.15, 0.2) is 0 Å². The molecule has 1 atom stereocenters. The molecule has 0 bridgehead atoms. The van der Waals surface area contributed by atoms with Crippen molar-refractivity contribution in [1.82, 2.24) is 15.1 Å². The van der Waals surface area contributed by atoms with Crippen LogP contribution in [-0.2, 0) is 18.0 Å². The van der Waals surface area contributed by atoms with Gasteiger partial charge >= 0.3 is 6.18 Å². The van der Waals surface area contributed by atoms with Gasteiger partial charge in [0, 0.05) is 30.4 Å². The fourth-order valence-corrected chi connectivity index (χ4v) is 3.86. The Morgan fingerprint density at radius 2 is 2.15 bits per heavy atom. The number of carbonyl (C=O) groups is 1. The molecule has 2 heterocycles. The van der Waals surface area contributed by atoms with Crippen LogP contribution in [0.2, 0.25) is 5.02 Å². The molecule has 11 heteroatoms. The molecule has 1 aliphatic heterocycles. The average molecular weight is 495 g/mol. The molecule has 1 fully saturated rings. The number of nitrogens with zero attached hydrogens (tertiary/aromatic N) is 2. The molecule has 1 aliphatic rings. The van der Waals surface area contributed by atoms with Crippen molar-refractivity contribution in [2.45, 2.75) is 12.2 Å². The summed E-state index contributed by atoms with van der Waals surface area (Å²) in [6, 6.07) is 9.18. The average Bonchev–Trinajstić information content (AvgIpc) is 3.16. The van der Waals surface area contributed by atoms with Crippen LogP contribution < -0.4 is 15.4 Å². The van der Waals surface area contributed by atoms with Crippen LogP contribution in [-0.4, -0.2) is 48.1 Å². The lowest BCUT2D eigenvalue weighted by Gasteiger charge is -2.24. The van der Waals surface area contributed by atoms with Gasteiger partial charge in [0.1, 0.15) is 12.4 Å². The van der Waals surface area contributed by atoms with Crippen molar-refractivity contribution in [3.63, 3.8) is 0 Å². The normalized spacial score (nSPS) is 16.3. The van der Waals surface area contributed by atoms with Crippen LogP contribution in [0.3, 0.4) is 0 Å². The topological polar surface area (TPSA) is 77.4 Å². The second-order valence-electron chi connectivity index (χ2n) is 7.75. The van der Waals surface area contributed by atoms with Crippen molar-refractivity contribution in [1.29, 1.82) is 0 Å². The summed E-state index contributed by atoms with van der Waals surface area (Å²) in [5.41, 5.74) is 0.495. The molecule has 1 amide bonds. The lowest BCUT2D eigenvalue weighted by molar-refractivity contribution is -0.137. The zero-order chi connectivity index (χ0) is 24.3. The highest BCUT2D eigenvalue weighted by Gasteiger charge is 2.31. The van der Waals surface area contributed by atoms with Gasteiger partial charge in [-0.3, -0.25) is 9.48 Å². The summed E-state index contributed by atoms with van der Waals surface area (Å²) in [5.74, 6) is -0.166. The number of ether oxygens (including phenoxy) is 2. The van der Waals surface area contributed by atoms with E-state index in [-0.39, 0.29) is 11.6 Å². The van der Waals surface area contributed by atoms with Crippen LogP contribution in [0.5, 0.6) is 5.75 Å². The number of benzene rings is 2. The predicted octanol–water partition coefficient (Wildman–Crippen LogP) is 4.38. The lowest BCUT2D eigenvalue weighted by atomic mass is 10.1. The smallest absolute Gasteiger partial charge is 0.416 e. The molecule has 180 valence electrons. The molecule has 7 nitrogen and oxygen atoms in total. The summed E-state index contributed by atoms with van der Waals surface area (Å²) >= 11 is 6.35. The minimum Gasteiger partial charge on any atom is -0.491 e. The monoisotopic (exact) mass is 494 g/mol. The van der Waals surface area contributed by atoms with Crippen molar-refractivity contribution in [2.75, 3.05) is 31.7 Å². The summed E-state index contributed by atoms with van der Waals surface area (Å²) in [4.78, 5) is 12.7. The van der Waals surface area contributed by atoms with Crippen molar-refractivity contribution in [3.05, 3.63) is 64.8 Å². The van der Waals surface area contributed by atoms with E-state index in [9.17, 15) is 18.0 Å². The van der Waals surface area contributed by atoms with Crippen molar-refractivity contribution < 1.29 is 27.4 Å². The maximum Gasteiger partial charge on any atom is 0.416 e. The largest absolute Gasteiger partial charge is 0.491 e. The number of alkyl halides is 3. The van der Waals surface area contributed by atoms with E-state index in [1.54, 1.807) is 29.9 Å². The molecule has 1 saturated heterocycles. The highest BCUT2D eigenvalue weighted by molar-refractivity contribution is 6.33. The lowest BCUT2D eigenvalue weighted by Crippen LogP contribution is -2.44. The van der Waals surface area contributed by atoms with E-state index >= 15 is 0 Å². The number of carbonyl (C=O) groups excluding carboxylic acids is 1. The minimum absolute atomic E-state index is 0.0175.